The maximum atomic E-state index is 13.0. The Balaban J connectivity index is 1.73. The highest BCUT2D eigenvalue weighted by Gasteiger charge is 2.40. The molecule has 1 N–H and O–H groups in total. The maximum absolute atomic E-state index is 13.0. The molecule has 0 aromatic heterocycles. The third-order valence-electron chi connectivity index (χ3n) is 4.81. The molecule has 162 valence electrons. The van der Waals surface area contributed by atoms with E-state index in [0.29, 0.717) is 27.1 Å². The molecule has 1 saturated heterocycles. The van der Waals surface area contributed by atoms with Gasteiger partial charge in [-0.1, -0.05) is 29.4 Å². The van der Waals surface area contributed by atoms with Crippen molar-refractivity contribution >= 4 is 57.5 Å². The standard InChI is InChI=1S/C23H24ClN3O3S/c1-13(2)27-22(30)20(31-23(27)26-18-8-5-14(3)19(24)11-18)12-21(29)25-17-9-6-16(7-10-17)15(4)28/h5-11,13,20H,12H2,1-4H3,(H,25,29)/t20-/m1/s1. The van der Waals surface area contributed by atoms with Crippen molar-refractivity contribution < 1.29 is 14.4 Å². The first kappa shape index (κ1) is 23.0. The number of Topliss-reactive ketones (excluding diaryl/α,β-unsaturated/α-hetero) is 1. The Kier molecular flexibility index (Phi) is 7.18. The number of benzene rings is 2. The number of hydrogen-bond donors (Lipinski definition) is 1. The van der Waals surface area contributed by atoms with Crippen LogP contribution in [-0.2, 0) is 9.59 Å². The van der Waals surface area contributed by atoms with Crippen molar-refractivity contribution in [2.75, 3.05) is 5.32 Å². The van der Waals surface area contributed by atoms with Crippen molar-refractivity contribution in [3.05, 3.63) is 58.6 Å². The first-order chi connectivity index (χ1) is 14.7. The molecule has 0 radical (unpaired) electrons. The van der Waals surface area contributed by atoms with Crippen LogP contribution in [0.4, 0.5) is 11.4 Å². The van der Waals surface area contributed by atoms with Crippen LogP contribution in [0.15, 0.2) is 47.5 Å². The summed E-state index contributed by atoms with van der Waals surface area (Å²) in [4.78, 5) is 43.1. The average molecular weight is 458 g/mol. The van der Waals surface area contributed by atoms with Crippen LogP contribution in [0.5, 0.6) is 0 Å². The lowest BCUT2D eigenvalue weighted by Crippen LogP contribution is -2.38. The number of amidine groups is 1. The lowest BCUT2D eigenvalue weighted by molar-refractivity contribution is -0.129. The Morgan fingerprint density at radius 3 is 2.45 bits per heavy atom. The largest absolute Gasteiger partial charge is 0.326 e. The third-order valence-corrected chi connectivity index (χ3v) is 6.37. The van der Waals surface area contributed by atoms with Crippen molar-refractivity contribution in [1.29, 1.82) is 0 Å². The van der Waals surface area contributed by atoms with Gasteiger partial charge in [0.05, 0.1) is 5.69 Å². The van der Waals surface area contributed by atoms with Crippen LogP contribution in [0.3, 0.4) is 0 Å². The number of carbonyl (C=O) groups is 3. The van der Waals surface area contributed by atoms with Gasteiger partial charge in [0.25, 0.3) is 0 Å². The molecule has 8 heteroatoms. The van der Waals surface area contributed by atoms with Crippen molar-refractivity contribution in [3.63, 3.8) is 0 Å². The SMILES string of the molecule is CC(=O)c1ccc(NC(=O)C[C@H]2SC(=Nc3ccc(C)c(Cl)c3)N(C(C)C)C2=O)cc1. The van der Waals surface area contributed by atoms with E-state index in [4.69, 9.17) is 11.6 Å². The molecule has 1 fully saturated rings. The normalized spacial score (nSPS) is 17.5. The minimum Gasteiger partial charge on any atom is -0.326 e. The first-order valence-corrected chi connectivity index (χ1v) is 11.2. The fourth-order valence-electron chi connectivity index (χ4n) is 3.10. The second-order valence-corrected chi connectivity index (χ2v) is 9.20. The van der Waals surface area contributed by atoms with Gasteiger partial charge in [-0.2, -0.15) is 0 Å². The molecule has 0 spiro atoms. The van der Waals surface area contributed by atoms with Crippen LogP contribution in [0.25, 0.3) is 0 Å². The zero-order valence-electron chi connectivity index (χ0n) is 17.8. The zero-order valence-corrected chi connectivity index (χ0v) is 19.4. The average Bonchev–Trinajstić information content (AvgIpc) is 3.00. The molecule has 2 aromatic rings. The summed E-state index contributed by atoms with van der Waals surface area (Å²) in [5, 5.41) is 3.40. The number of ketones is 1. The lowest BCUT2D eigenvalue weighted by Gasteiger charge is -2.20. The summed E-state index contributed by atoms with van der Waals surface area (Å²) in [6.45, 7) is 7.22. The number of anilines is 1. The number of hydrogen-bond acceptors (Lipinski definition) is 5. The number of nitrogens with one attached hydrogen (secondary N) is 1. The predicted octanol–water partition coefficient (Wildman–Crippen LogP) is 5.22. The van der Waals surface area contributed by atoms with Crippen LogP contribution in [-0.4, -0.2) is 39.0 Å². The second kappa shape index (κ2) is 9.66. The zero-order chi connectivity index (χ0) is 22.7. The highest BCUT2D eigenvalue weighted by molar-refractivity contribution is 8.15. The van der Waals surface area contributed by atoms with Crippen LogP contribution in [0, 0.1) is 6.92 Å². The van der Waals surface area contributed by atoms with E-state index in [1.165, 1.54) is 18.7 Å². The Morgan fingerprint density at radius 2 is 1.87 bits per heavy atom. The molecule has 0 aliphatic carbocycles. The van der Waals surface area contributed by atoms with Gasteiger partial charge in [-0.3, -0.25) is 19.3 Å². The van der Waals surface area contributed by atoms with Gasteiger partial charge in [-0.25, -0.2) is 4.99 Å². The van der Waals surface area contributed by atoms with Gasteiger partial charge < -0.3 is 5.32 Å². The topological polar surface area (TPSA) is 78.8 Å². The van der Waals surface area contributed by atoms with Crippen molar-refractivity contribution in [1.82, 2.24) is 4.90 Å². The van der Waals surface area contributed by atoms with Crippen LogP contribution < -0.4 is 5.32 Å². The Bertz CT molecular complexity index is 1050. The van der Waals surface area contributed by atoms with Gasteiger partial charge in [0.15, 0.2) is 11.0 Å². The van der Waals surface area contributed by atoms with Crippen molar-refractivity contribution in [2.24, 2.45) is 4.99 Å². The quantitative estimate of drug-likeness (QED) is 0.603. The van der Waals surface area contributed by atoms with Gasteiger partial charge in [-0.15, -0.1) is 0 Å². The molecule has 1 aliphatic rings. The highest BCUT2D eigenvalue weighted by Crippen LogP contribution is 2.34. The number of rotatable bonds is 6. The molecule has 31 heavy (non-hydrogen) atoms. The van der Waals surface area contributed by atoms with Crippen LogP contribution in [0.2, 0.25) is 5.02 Å². The molecule has 3 rings (SSSR count). The summed E-state index contributed by atoms with van der Waals surface area (Å²) < 4.78 is 0. The Hall–Kier alpha value is -2.64. The molecule has 1 heterocycles. The maximum Gasteiger partial charge on any atom is 0.242 e. The summed E-state index contributed by atoms with van der Waals surface area (Å²) in [6.07, 6.45) is 0.0227. The molecule has 2 amide bonds. The van der Waals surface area contributed by atoms with Crippen LogP contribution >= 0.6 is 23.4 Å². The molecule has 0 saturated carbocycles. The number of thioether (sulfide) groups is 1. The molecule has 0 unspecified atom stereocenters. The monoisotopic (exact) mass is 457 g/mol. The fraction of sp³-hybridized carbons (Fsp3) is 0.304. The van der Waals surface area contributed by atoms with E-state index in [1.54, 1.807) is 35.2 Å². The predicted molar refractivity (Wildman–Crippen MR) is 126 cm³/mol. The molecular formula is C23H24ClN3O3S. The van der Waals surface area contributed by atoms with Gasteiger partial charge in [0.2, 0.25) is 11.8 Å². The lowest BCUT2D eigenvalue weighted by atomic mass is 10.1. The van der Waals surface area contributed by atoms with Gasteiger partial charge in [-0.05, 0) is 69.7 Å². The molecule has 1 atom stereocenters. The summed E-state index contributed by atoms with van der Waals surface area (Å²) in [5.41, 5.74) is 2.76. The molecule has 1 aliphatic heterocycles. The van der Waals surface area contributed by atoms with E-state index in [9.17, 15) is 14.4 Å². The fourth-order valence-corrected chi connectivity index (χ4v) is 4.55. The van der Waals surface area contributed by atoms with Gasteiger partial charge in [0, 0.05) is 28.7 Å². The highest BCUT2D eigenvalue weighted by atomic mass is 35.5. The summed E-state index contributed by atoms with van der Waals surface area (Å²) in [7, 11) is 0. The minimum absolute atomic E-state index is 0.0227. The van der Waals surface area contributed by atoms with Crippen molar-refractivity contribution in [2.45, 2.75) is 45.4 Å². The summed E-state index contributed by atoms with van der Waals surface area (Å²) in [6, 6.07) is 12.1. The number of carbonyl (C=O) groups excluding carboxylic acids is 3. The molecule has 2 aromatic carbocycles. The first-order valence-electron chi connectivity index (χ1n) is 9.91. The Morgan fingerprint density at radius 1 is 1.19 bits per heavy atom. The van der Waals surface area contributed by atoms with E-state index >= 15 is 0 Å². The minimum atomic E-state index is -0.557. The Labute approximate surface area is 191 Å². The number of aryl methyl sites for hydroxylation is 1. The number of halogens is 1. The smallest absolute Gasteiger partial charge is 0.242 e. The van der Waals surface area contributed by atoms with Gasteiger partial charge in [0.1, 0.15) is 5.25 Å². The molecule has 6 nitrogen and oxygen atoms in total. The third kappa shape index (κ3) is 5.54. The van der Waals surface area contributed by atoms with E-state index < -0.39 is 5.25 Å². The summed E-state index contributed by atoms with van der Waals surface area (Å²) >= 11 is 7.48. The van der Waals surface area contributed by atoms with E-state index in [-0.39, 0.29) is 30.1 Å². The van der Waals surface area contributed by atoms with Crippen LogP contribution in [0.1, 0.15) is 43.1 Å². The number of aliphatic imine (C=N–C) groups is 1. The second-order valence-electron chi connectivity index (χ2n) is 7.62. The van der Waals surface area contributed by atoms with Crippen molar-refractivity contribution in [3.8, 4) is 0 Å². The summed E-state index contributed by atoms with van der Waals surface area (Å²) in [5.74, 6) is -0.454. The number of nitrogens with zero attached hydrogens (tertiary/aromatic N) is 2. The van der Waals surface area contributed by atoms with E-state index in [1.807, 2.05) is 32.9 Å². The number of amides is 2. The van der Waals surface area contributed by atoms with E-state index in [2.05, 4.69) is 10.3 Å². The van der Waals surface area contributed by atoms with E-state index in [0.717, 1.165) is 5.56 Å². The molecule has 0 bridgehead atoms. The van der Waals surface area contributed by atoms with Gasteiger partial charge >= 0.3 is 0 Å². The molecular weight excluding hydrogens is 434 g/mol.